The Kier molecular flexibility index (Phi) is 4.80. The molecule has 1 N–H and O–H groups in total. The van der Waals surface area contributed by atoms with Crippen LogP contribution in [0.5, 0.6) is 0 Å². The van der Waals surface area contributed by atoms with Crippen molar-refractivity contribution in [1.29, 1.82) is 0 Å². The fraction of sp³-hybridized carbons (Fsp3) is 0.176. The lowest BCUT2D eigenvalue weighted by atomic mass is 10.3. The second-order valence-corrected chi connectivity index (χ2v) is 6.28. The maximum atomic E-state index is 13.8. The summed E-state index contributed by atoms with van der Waals surface area (Å²) in [5.41, 5.74) is 0.888. The van der Waals surface area contributed by atoms with Crippen LogP contribution in [0.3, 0.4) is 0 Å². The lowest BCUT2D eigenvalue weighted by Crippen LogP contribution is -2.37. The number of nitrogens with zero attached hydrogens (tertiary/aromatic N) is 2. The van der Waals surface area contributed by atoms with E-state index in [1.54, 1.807) is 11.0 Å². The number of carbonyl (C=O) groups is 2. The highest BCUT2D eigenvalue weighted by molar-refractivity contribution is 9.10. The maximum absolute atomic E-state index is 13.8. The first-order chi connectivity index (χ1) is 11.5. The lowest BCUT2D eigenvalue weighted by Gasteiger charge is -2.18. The predicted octanol–water partition coefficient (Wildman–Crippen LogP) is 3.47. The van der Waals surface area contributed by atoms with E-state index in [2.05, 4.69) is 21.2 Å². The van der Waals surface area contributed by atoms with Crippen molar-refractivity contribution in [2.24, 2.45) is 0 Å². The van der Waals surface area contributed by atoms with Gasteiger partial charge >= 0.3 is 6.03 Å². The second-order valence-electron chi connectivity index (χ2n) is 5.36. The van der Waals surface area contributed by atoms with Gasteiger partial charge in [0.15, 0.2) is 0 Å². The fourth-order valence-corrected chi connectivity index (χ4v) is 2.86. The minimum atomic E-state index is -0.531. The summed E-state index contributed by atoms with van der Waals surface area (Å²) in [6.07, 6.45) is 0. The van der Waals surface area contributed by atoms with E-state index in [0.29, 0.717) is 17.6 Å². The first-order valence-corrected chi connectivity index (χ1v) is 8.20. The van der Waals surface area contributed by atoms with Crippen LogP contribution in [-0.2, 0) is 4.79 Å². The number of nitrogens with one attached hydrogen (secondary N) is 1. The first kappa shape index (κ1) is 16.4. The predicted molar refractivity (Wildman–Crippen MR) is 93.5 cm³/mol. The van der Waals surface area contributed by atoms with Gasteiger partial charge in [-0.1, -0.05) is 34.1 Å². The van der Waals surface area contributed by atoms with E-state index in [-0.39, 0.29) is 18.3 Å². The molecule has 1 fully saturated rings. The van der Waals surface area contributed by atoms with E-state index in [0.717, 1.165) is 5.69 Å². The zero-order valence-electron chi connectivity index (χ0n) is 12.7. The van der Waals surface area contributed by atoms with Crippen LogP contribution in [0.4, 0.5) is 20.6 Å². The molecule has 3 rings (SSSR count). The van der Waals surface area contributed by atoms with E-state index in [1.165, 1.54) is 17.0 Å². The maximum Gasteiger partial charge on any atom is 0.325 e. The summed E-state index contributed by atoms with van der Waals surface area (Å²) in [4.78, 5) is 27.6. The zero-order valence-corrected chi connectivity index (χ0v) is 14.3. The number of para-hydroxylation sites is 1. The van der Waals surface area contributed by atoms with Crippen LogP contribution in [0.1, 0.15) is 0 Å². The van der Waals surface area contributed by atoms with Gasteiger partial charge in [-0.25, -0.2) is 9.18 Å². The molecule has 0 bridgehead atoms. The van der Waals surface area contributed by atoms with Crippen LogP contribution >= 0.6 is 15.9 Å². The number of carbonyl (C=O) groups excluding carboxylic acids is 2. The molecule has 1 heterocycles. The van der Waals surface area contributed by atoms with Crippen LogP contribution in [0.25, 0.3) is 0 Å². The summed E-state index contributed by atoms with van der Waals surface area (Å²) < 4.78 is 14.3. The van der Waals surface area contributed by atoms with Gasteiger partial charge in [0.2, 0.25) is 5.91 Å². The Morgan fingerprint density at radius 2 is 1.92 bits per heavy atom. The Balaban J connectivity index is 1.62. The second kappa shape index (κ2) is 7.00. The van der Waals surface area contributed by atoms with Gasteiger partial charge in [-0.3, -0.25) is 9.69 Å². The van der Waals surface area contributed by atoms with Crippen molar-refractivity contribution in [1.82, 2.24) is 4.90 Å². The van der Waals surface area contributed by atoms with Gasteiger partial charge in [0.1, 0.15) is 12.4 Å². The van der Waals surface area contributed by atoms with E-state index in [9.17, 15) is 14.0 Å². The molecule has 24 heavy (non-hydrogen) atoms. The molecule has 0 atom stereocenters. The Bertz CT molecular complexity index is 770. The molecule has 0 radical (unpaired) electrons. The molecule has 124 valence electrons. The third-order valence-corrected chi connectivity index (χ3v) is 4.20. The lowest BCUT2D eigenvalue weighted by molar-refractivity contribution is -0.116. The fourth-order valence-electron chi connectivity index (χ4n) is 2.53. The minimum absolute atomic E-state index is 0.0924. The number of hydrogen-bond donors (Lipinski definition) is 1. The third-order valence-electron chi connectivity index (χ3n) is 3.70. The number of rotatable bonds is 4. The van der Waals surface area contributed by atoms with Crippen molar-refractivity contribution in [3.8, 4) is 0 Å². The van der Waals surface area contributed by atoms with Crippen LogP contribution in [0.2, 0.25) is 0 Å². The van der Waals surface area contributed by atoms with Gasteiger partial charge in [0.25, 0.3) is 0 Å². The van der Waals surface area contributed by atoms with E-state index in [4.69, 9.17) is 0 Å². The van der Waals surface area contributed by atoms with Crippen molar-refractivity contribution >= 4 is 39.2 Å². The summed E-state index contributed by atoms with van der Waals surface area (Å²) >= 11 is 3.16. The first-order valence-electron chi connectivity index (χ1n) is 7.41. The van der Waals surface area contributed by atoms with Crippen LogP contribution in [-0.4, -0.2) is 36.5 Å². The van der Waals surface area contributed by atoms with Crippen LogP contribution in [0.15, 0.2) is 53.0 Å². The Labute approximate surface area is 147 Å². The zero-order chi connectivity index (χ0) is 17.1. The molecule has 1 aliphatic heterocycles. The Hall–Kier alpha value is -2.41. The smallest absolute Gasteiger partial charge is 0.322 e. The van der Waals surface area contributed by atoms with Gasteiger partial charge in [0, 0.05) is 23.2 Å². The highest BCUT2D eigenvalue weighted by Crippen LogP contribution is 2.21. The van der Waals surface area contributed by atoms with Gasteiger partial charge in [-0.2, -0.15) is 0 Å². The molecule has 3 amide bonds. The number of halogens is 2. The quantitative estimate of drug-likeness (QED) is 0.867. The van der Waals surface area contributed by atoms with Crippen molar-refractivity contribution in [2.75, 3.05) is 29.9 Å². The molecule has 2 aromatic rings. The summed E-state index contributed by atoms with van der Waals surface area (Å²) in [7, 11) is 0. The number of benzene rings is 2. The van der Waals surface area contributed by atoms with Gasteiger partial charge in [0.05, 0.1) is 5.69 Å². The summed E-state index contributed by atoms with van der Waals surface area (Å²) in [5, 5.41) is 2.49. The number of hydrogen-bond acceptors (Lipinski definition) is 2. The normalized spacial score (nSPS) is 14.2. The topological polar surface area (TPSA) is 52.7 Å². The average Bonchev–Trinajstić information content (AvgIpc) is 2.92. The summed E-state index contributed by atoms with van der Waals surface area (Å²) in [6, 6.07) is 13.4. The number of amides is 3. The molecule has 0 aromatic heterocycles. The monoisotopic (exact) mass is 391 g/mol. The SMILES string of the molecule is O=C(CN1CCN(c2ccccc2)C1=O)Nc1ccc(Br)cc1F. The van der Waals surface area contributed by atoms with E-state index < -0.39 is 11.7 Å². The molecule has 2 aromatic carbocycles. The largest absolute Gasteiger partial charge is 0.325 e. The van der Waals surface area contributed by atoms with Crippen LogP contribution < -0.4 is 10.2 Å². The number of anilines is 2. The van der Waals surface area contributed by atoms with E-state index >= 15 is 0 Å². The highest BCUT2D eigenvalue weighted by Gasteiger charge is 2.30. The van der Waals surface area contributed by atoms with Gasteiger partial charge < -0.3 is 10.2 Å². The number of urea groups is 1. The molecule has 0 unspecified atom stereocenters. The summed E-state index contributed by atoms with van der Waals surface area (Å²) in [5.74, 6) is -0.962. The molecular weight excluding hydrogens is 377 g/mol. The van der Waals surface area contributed by atoms with Crippen molar-refractivity contribution in [3.05, 3.63) is 58.8 Å². The molecule has 5 nitrogen and oxygen atoms in total. The van der Waals surface area contributed by atoms with Crippen molar-refractivity contribution in [2.45, 2.75) is 0 Å². The molecule has 0 saturated carbocycles. The molecular formula is C17H15BrFN3O2. The highest BCUT2D eigenvalue weighted by atomic mass is 79.9. The van der Waals surface area contributed by atoms with E-state index in [1.807, 2.05) is 30.3 Å². The average molecular weight is 392 g/mol. The minimum Gasteiger partial charge on any atom is -0.322 e. The van der Waals surface area contributed by atoms with Gasteiger partial charge in [-0.15, -0.1) is 0 Å². The summed E-state index contributed by atoms with van der Waals surface area (Å²) in [6.45, 7) is 0.852. The standard InChI is InChI=1S/C17H15BrFN3O2/c18-12-6-7-15(14(19)10-12)20-16(23)11-21-8-9-22(17(21)24)13-4-2-1-3-5-13/h1-7,10H,8-9,11H2,(H,20,23). The molecule has 1 aliphatic rings. The Morgan fingerprint density at radius 3 is 2.62 bits per heavy atom. The van der Waals surface area contributed by atoms with Crippen molar-refractivity contribution in [3.63, 3.8) is 0 Å². The molecule has 0 aliphatic carbocycles. The third kappa shape index (κ3) is 3.56. The van der Waals surface area contributed by atoms with Gasteiger partial charge in [-0.05, 0) is 30.3 Å². The van der Waals surface area contributed by atoms with Crippen LogP contribution in [0, 0.1) is 5.82 Å². The Morgan fingerprint density at radius 1 is 1.17 bits per heavy atom. The van der Waals surface area contributed by atoms with Crippen molar-refractivity contribution < 1.29 is 14.0 Å². The molecule has 1 saturated heterocycles. The molecule has 7 heteroatoms. The molecule has 0 spiro atoms.